The van der Waals surface area contributed by atoms with E-state index in [9.17, 15) is 5.11 Å². The van der Waals surface area contributed by atoms with Gasteiger partial charge >= 0.3 is 0 Å². The Balaban J connectivity index is 1.60. The fourth-order valence-electron chi connectivity index (χ4n) is 3.23. The van der Waals surface area contributed by atoms with Crippen molar-refractivity contribution < 1.29 is 14.6 Å². The van der Waals surface area contributed by atoms with Gasteiger partial charge in [-0.15, -0.1) is 0 Å². The predicted octanol–water partition coefficient (Wildman–Crippen LogP) is 2.75. The van der Waals surface area contributed by atoms with Gasteiger partial charge in [0.1, 0.15) is 18.1 Å². The number of ether oxygens (including phenoxy) is 2. The highest BCUT2D eigenvalue weighted by Crippen LogP contribution is 2.33. The van der Waals surface area contributed by atoms with E-state index >= 15 is 0 Å². The second-order valence-electron chi connectivity index (χ2n) is 6.16. The minimum atomic E-state index is -0.328. The van der Waals surface area contributed by atoms with Gasteiger partial charge in [-0.25, -0.2) is 0 Å². The summed E-state index contributed by atoms with van der Waals surface area (Å²) in [6, 6.07) is 17.3. The number of aliphatic hydroxyl groups excluding tert-OH is 1. The van der Waals surface area contributed by atoms with E-state index in [1.54, 1.807) is 31.4 Å². The van der Waals surface area contributed by atoms with Crippen LogP contribution >= 0.6 is 0 Å². The lowest BCUT2D eigenvalue weighted by molar-refractivity contribution is 0.162. The predicted molar refractivity (Wildman–Crippen MR) is 94.6 cm³/mol. The van der Waals surface area contributed by atoms with Crippen LogP contribution in [0.1, 0.15) is 23.6 Å². The van der Waals surface area contributed by atoms with Gasteiger partial charge in [0.05, 0.1) is 24.8 Å². The summed E-state index contributed by atoms with van der Waals surface area (Å²) in [5.41, 5.74) is 1.77. The molecule has 130 valence electrons. The minimum absolute atomic E-state index is 0.162. The van der Waals surface area contributed by atoms with Crippen molar-refractivity contribution in [2.75, 3.05) is 26.8 Å². The van der Waals surface area contributed by atoms with Crippen LogP contribution in [0.5, 0.6) is 11.5 Å². The molecule has 5 nitrogen and oxygen atoms in total. The third-order valence-electron chi connectivity index (χ3n) is 4.49. The summed E-state index contributed by atoms with van der Waals surface area (Å²) in [5.74, 6) is 1.57. The Kier molecular flexibility index (Phi) is 5.54. The van der Waals surface area contributed by atoms with Crippen molar-refractivity contribution in [3.05, 3.63) is 59.7 Å². The van der Waals surface area contributed by atoms with Crippen LogP contribution < -0.4 is 9.47 Å². The molecule has 2 unspecified atom stereocenters. The Bertz CT molecular complexity index is 739. The molecule has 0 bridgehead atoms. The highest BCUT2D eigenvalue weighted by Gasteiger charge is 2.31. The molecule has 1 saturated heterocycles. The van der Waals surface area contributed by atoms with Gasteiger partial charge in [-0.2, -0.15) is 5.26 Å². The van der Waals surface area contributed by atoms with Gasteiger partial charge < -0.3 is 14.6 Å². The summed E-state index contributed by atoms with van der Waals surface area (Å²) < 4.78 is 11.1. The second kappa shape index (κ2) is 8.02. The third kappa shape index (κ3) is 4.30. The fourth-order valence-corrected chi connectivity index (χ4v) is 3.23. The zero-order chi connectivity index (χ0) is 17.6. The van der Waals surface area contributed by atoms with E-state index in [0.717, 1.165) is 23.6 Å². The topological polar surface area (TPSA) is 65.7 Å². The van der Waals surface area contributed by atoms with Crippen LogP contribution in [0.2, 0.25) is 0 Å². The fraction of sp³-hybridized carbons (Fsp3) is 0.350. The van der Waals surface area contributed by atoms with Gasteiger partial charge in [-0.3, -0.25) is 4.90 Å². The van der Waals surface area contributed by atoms with E-state index in [1.807, 2.05) is 18.2 Å². The zero-order valence-corrected chi connectivity index (χ0v) is 14.3. The number of nitriles is 1. The molecule has 5 heteroatoms. The Morgan fingerprint density at radius 2 is 2.00 bits per heavy atom. The molecule has 1 aliphatic heterocycles. The summed E-state index contributed by atoms with van der Waals surface area (Å²) in [5, 5.41) is 18.9. The second-order valence-corrected chi connectivity index (χ2v) is 6.16. The zero-order valence-electron chi connectivity index (χ0n) is 14.3. The molecule has 3 rings (SSSR count). The van der Waals surface area contributed by atoms with Gasteiger partial charge in [0.25, 0.3) is 0 Å². The summed E-state index contributed by atoms with van der Waals surface area (Å²) in [4.78, 5) is 2.24. The molecule has 1 N–H and O–H groups in total. The highest BCUT2D eigenvalue weighted by atomic mass is 16.5. The lowest BCUT2D eigenvalue weighted by Gasteiger charge is -2.24. The number of likely N-dealkylation sites (tertiary alicyclic amines) is 1. The minimum Gasteiger partial charge on any atom is -0.497 e. The van der Waals surface area contributed by atoms with Gasteiger partial charge in [0.2, 0.25) is 0 Å². The Hall–Kier alpha value is -2.55. The summed E-state index contributed by atoms with van der Waals surface area (Å²) >= 11 is 0. The third-order valence-corrected chi connectivity index (χ3v) is 4.49. The van der Waals surface area contributed by atoms with E-state index in [0.29, 0.717) is 25.1 Å². The van der Waals surface area contributed by atoms with Crippen LogP contribution in [-0.2, 0) is 0 Å². The maximum Gasteiger partial charge on any atom is 0.119 e. The van der Waals surface area contributed by atoms with Crippen LogP contribution in [0.4, 0.5) is 0 Å². The summed E-state index contributed by atoms with van der Waals surface area (Å²) in [6.45, 7) is 1.89. The molecule has 25 heavy (non-hydrogen) atoms. The van der Waals surface area contributed by atoms with Gasteiger partial charge in [0, 0.05) is 19.1 Å². The van der Waals surface area contributed by atoms with Crippen LogP contribution in [0.15, 0.2) is 48.5 Å². The van der Waals surface area contributed by atoms with Crippen LogP contribution in [0.3, 0.4) is 0 Å². The molecule has 0 spiro atoms. The number of β-amino-alcohol motifs (C(OH)–C–C–N with tert-alkyl or cyclic N) is 1. The number of rotatable bonds is 6. The average molecular weight is 338 g/mol. The van der Waals surface area contributed by atoms with Crippen molar-refractivity contribution in [1.29, 1.82) is 5.26 Å². The molecule has 0 amide bonds. The monoisotopic (exact) mass is 338 g/mol. The number of nitrogens with zero attached hydrogens (tertiary/aromatic N) is 2. The van der Waals surface area contributed by atoms with E-state index in [1.165, 1.54) is 0 Å². The van der Waals surface area contributed by atoms with Crippen molar-refractivity contribution in [2.45, 2.75) is 18.6 Å². The lowest BCUT2D eigenvalue weighted by atomic mass is 10.0. The number of methoxy groups -OCH3 is 1. The number of hydrogen-bond donors (Lipinski definition) is 1. The maximum atomic E-state index is 10.1. The maximum absolute atomic E-state index is 10.1. The highest BCUT2D eigenvalue weighted by molar-refractivity contribution is 5.34. The van der Waals surface area contributed by atoms with Gasteiger partial charge in [-0.05, 0) is 48.4 Å². The standard InChI is InChI=1S/C20H22N2O3/c1-24-19-4-2-3-16(11-19)20-12-17(23)14-22(20)9-10-25-18-7-5-15(13-21)6-8-18/h2-8,11,17,20,23H,9-10,12,14H2,1H3. The normalized spacial score (nSPS) is 20.2. The molecule has 1 fully saturated rings. The Morgan fingerprint density at radius 3 is 2.72 bits per heavy atom. The van der Waals surface area contributed by atoms with Crippen LogP contribution in [0, 0.1) is 11.3 Å². The number of aliphatic hydroxyl groups is 1. The SMILES string of the molecule is COc1cccc(C2CC(O)CN2CCOc2ccc(C#N)cc2)c1. The molecule has 2 aromatic rings. The Labute approximate surface area is 148 Å². The van der Waals surface area contributed by atoms with E-state index < -0.39 is 0 Å². The van der Waals surface area contributed by atoms with Crippen molar-refractivity contribution in [2.24, 2.45) is 0 Å². The quantitative estimate of drug-likeness (QED) is 0.877. The average Bonchev–Trinajstić information content (AvgIpc) is 3.03. The van der Waals surface area contributed by atoms with E-state index in [4.69, 9.17) is 14.7 Å². The number of benzene rings is 2. The molecule has 1 heterocycles. The van der Waals surface area contributed by atoms with E-state index in [2.05, 4.69) is 17.0 Å². The van der Waals surface area contributed by atoms with Crippen LogP contribution in [0.25, 0.3) is 0 Å². The number of hydrogen-bond acceptors (Lipinski definition) is 5. The van der Waals surface area contributed by atoms with Crippen molar-refractivity contribution in [3.8, 4) is 17.6 Å². The van der Waals surface area contributed by atoms with Gasteiger partial charge in [0.15, 0.2) is 0 Å². The smallest absolute Gasteiger partial charge is 0.119 e. The molecule has 0 aromatic heterocycles. The first-order valence-corrected chi connectivity index (χ1v) is 8.38. The molecule has 2 aromatic carbocycles. The molecule has 0 aliphatic carbocycles. The van der Waals surface area contributed by atoms with E-state index in [-0.39, 0.29) is 12.1 Å². The first kappa shape index (κ1) is 17.3. The largest absolute Gasteiger partial charge is 0.497 e. The molecular formula is C20H22N2O3. The van der Waals surface area contributed by atoms with Crippen LogP contribution in [-0.4, -0.2) is 42.9 Å². The first-order chi connectivity index (χ1) is 12.2. The Morgan fingerprint density at radius 1 is 1.20 bits per heavy atom. The van der Waals surface area contributed by atoms with Crippen molar-refractivity contribution >= 4 is 0 Å². The lowest BCUT2D eigenvalue weighted by Crippen LogP contribution is -2.29. The first-order valence-electron chi connectivity index (χ1n) is 8.38. The summed E-state index contributed by atoms with van der Waals surface area (Å²) in [6.07, 6.45) is 0.385. The molecule has 0 radical (unpaired) electrons. The molecule has 1 aliphatic rings. The molecular weight excluding hydrogens is 316 g/mol. The van der Waals surface area contributed by atoms with Gasteiger partial charge in [-0.1, -0.05) is 12.1 Å². The summed E-state index contributed by atoms with van der Waals surface area (Å²) in [7, 11) is 1.66. The molecule has 0 saturated carbocycles. The van der Waals surface area contributed by atoms with Crippen molar-refractivity contribution in [1.82, 2.24) is 4.90 Å². The molecule has 2 atom stereocenters. The van der Waals surface area contributed by atoms with Crippen molar-refractivity contribution in [3.63, 3.8) is 0 Å².